The Kier molecular flexibility index (Phi) is 3.87. The van der Waals surface area contributed by atoms with Crippen molar-refractivity contribution < 1.29 is 13.2 Å². The van der Waals surface area contributed by atoms with Crippen LogP contribution in [0.15, 0.2) is 53.1 Å². The van der Waals surface area contributed by atoms with E-state index in [1.54, 1.807) is 6.20 Å². The van der Waals surface area contributed by atoms with Gasteiger partial charge < -0.3 is 0 Å². The minimum Gasteiger partial charge on any atom is -0.243 e. The summed E-state index contributed by atoms with van der Waals surface area (Å²) >= 11 is 9.46. The third-order valence-electron chi connectivity index (χ3n) is 3.32. The molecule has 0 saturated carbocycles. The number of fused-ring (bicyclic) bond motifs is 1. The van der Waals surface area contributed by atoms with E-state index < -0.39 is 11.7 Å². The van der Waals surface area contributed by atoms with Crippen molar-refractivity contribution in [1.82, 2.24) is 4.98 Å². The molecule has 6 heteroatoms. The van der Waals surface area contributed by atoms with Crippen molar-refractivity contribution in [2.24, 2.45) is 0 Å². The van der Waals surface area contributed by atoms with Gasteiger partial charge in [0.05, 0.1) is 5.56 Å². The lowest BCUT2D eigenvalue weighted by Gasteiger charge is -2.10. The van der Waals surface area contributed by atoms with Crippen LogP contribution in [0, 0.1) is 0 Å². The number of halogens is 5. The molecule has 0 unspecified atom stereocenters. The van der Waals surface area contributed by atoms with Crippen molar-refractivity contribution in [2.75, 3.05) is 0 Å². The lowest BCUT2D eigenvalue weighted by molar-refractivity contribution is -0.137. The van der Waals surface area contributed by atoms with Crippen molar-refractivity contribution in [3.63, 3.8) is 0 Å². The zero-order chi connectivity index (χ0) is 15.9. The minimum atomic E-state index is -4.34. The molecule has 0 spiro atoms. The van der Waals surface area contributed by atoms with Gasteiger partial charge in [-0.2, -0.15) is 13.2 Å². The average molecular weight is 387 g/mol. The summed E-state index contributed by atoms with van der Waals surface area (Å²) in [7, 11) is 0. The summed E-state index contributed by atoms with van der Waals surface area (Å²) < 4.78 is 38.8. The Morgan fingerprint density at radius 3 is 2.27 bits per heavy atom. The molecule has 0 bridgehead atoms. The molecule has 0 fully saturated rings. The Hall–Kier alpha value is -1.59. The predicted octanol–water partition coefficient (Wildman–Crippen LogP) is 6.34. The Morgan fingerprint density at radius 1 is 0.955 bits per heavy atom. The third-order valence-corrected chi connectivity index (χ3v) is 4.12. The summed E-state index contributed by atoms with van der Waals surface area (Å²) in [6.07, 6.45) is -2.77. The molecule has 0 aliphatic carbocycles. The molecule has 0 radical (unpaired) electrons. The van der Waals surface area contributed by atoms with Gasteiger partial charge in [-0.25, -0.2) is 4.98 Å². The van der Waals surface area contributed by atoms with E-state index in [0.717, 1.165) is 32.9 Å². The van der Waals surface area contributed by atoms with Gasteiger partial charge in [-0.1, -0.05) is 45.7 Å². The number of alkyl halides is 3. The molecule has 0 N–H and O–H groups in total. The van der Waals surface area contributed by atoms with Crippen LogP contribution in [0.4, 0.5) is 13.2 Å². The fraction of sp³-hybridized carbons (Fsp3) is 0.0625. The summed E-state index contributed by atoms with van der Waals surface area (Å²) in [4.78, 5) is 4.12. The standard InChI is InChI=1S/C16H8BrClF3N/c17-11-5-6-12-13(7-11)15(18)22-8-14(12)9-1-3-10(4-2-9)16(19,20)21/h1-8H. The Balaban J connectivity index is 2.16. The fourth-order valence-corrected chi connectivity index (χ4v) is 2.82. The fourth-order valence-electron chi connectivity index (χ4n) is 2.25. The van der Waals surface area contributed by atoms with E-state index in [-0.39, 0.29) is 0 Å². The number of aromatic nitrogens is 1. The number of benzene rings is 2. The van der Waals surface area contributed by atoms with Gasteiger partial charge in [-0.3, -0.25) is 0 Å². The molecule has 0 atom stereocenters. The van der Waals surface area contributed by atoms with E-state index in [1.807, 2.05) is 18.2 Å². The van der Waals surface area contributed by atoms with Crippen molar-refractivity contribution in [1.29, 1.82) is 0 Å². The highest BCUT2D eigenvalue weighted by Gasteiger charge is 2.30. The van der Waals surface area contributed by atoms with Crippen LogP contribution in [0.3, 0.4) is 0 Å². The van der Waals surface area contributed by atoms with E-state index in [0.29, 0.717) is 10.7 Å². The van der Waals surface area contributed by atoms with Crippen LogP contribution in [-0.4, -0.2) is 4.98 Å². The molecular weight excluding hydrogens is 379 g/mol. The summed E-state index contributed by atoms with van der Waals surface area (Å²) in [5.74, 6) is 0. The summed E-state index contributed by atoms with van der Waals surface area (Å²) in [6, 6.07) is 10.6. The normalized spacial score (nSPS) is 11.9. The molecule has 1 nitrogen and oxygen atoms in total. The van der Waals surface area contributed by atoms with Gasteiger partial charge in [0.1, 0.15) is 5.15 Å². The molecule has 2 aromatic carbocycles. The molecule has 22 heavy (non-hydrogen) atoms. The van der Waals surface area contributed by atoms with E-state index in [4.69, 9.17) is 11.6 Å². The number of hydrogen-bond donors (Lipinski definition) is 0. The SMILES string of the molecule is FC(F)(F)c1ccc(-c2cnc(Cl)c3cc(Br)ccc23)cc1. The number of rotatable bonds is 1. The highest BCUT2D eigenvalue weighted by Crippen LogP contribution is 2.35. The lowest BCUT2D eigenvalue weighted by atomic mass is 10.00. The second kappa shape index (κ2) is 5.56. The molecule has 3 rings (SSSR count). The van der Waals surface area contributed by atoms with Crippen LogP contribution in [0.2, 0.25) is 5.15 Å². The largest absolute Gasteiger partial charge is 0.416 e. The Morgan fingerprint density at radius 2 is 1.64 bits per heavy atom. The number of hydrogen-bond acceptors (Lipinski definition) is 1. The topological polar surface area (TPSA) is 12.9 Å². The number of nitrogens with zero attached hydrogens (tertiary/aromatic N) is 1. The van der Waals surface area contributed by atoms with Gasteiger partial charge in [0.15, 0.2) is 0 Å². The van der Waals surface area contributed by atoms with Crippen molar-refractivity contribution >= 4 is 38.3 Å². The summed E-state index contributed by atoms with van der Waals surface area (Å²) in [5, 5.41) is 1.93. The monoisotopic (exact) mass is 385 g/mol. The van der Waals surface area contributed by atoms with Gasteiger partial charge in [0.25, 0.3) is 0 Å². The van der Waals surface area contributed by atoms with Gasteiger partial charge >= 0.3 is 6.18 Å². The lowest BCUT2D eigenvalue weighted by Crippen LogP contribution is -2.04. The molecular formula is C16H8BrClF3N. The maximum atomic E-state index is 12.6. The van der Waals surface area contributed by atoms with E-state index in [2.05, 4.69) is 20.9 Å². The van der Waals surface area contributed by atoms with Crippen LogP contribution in [-0.2, 0) is 6.18 Å². The van der Waals surface area contributed by atoms with Gasteiger partial charge in [-0.05, 0) is 35.2 Å². The van der Waals surface area contributed by atoms with Gasteiger partial charge in [-0.15, -0.1) is 0 Å². The number of pyridine rings is 1. The first-order valence-corrected chi connectivity index (χ1v) is 7.45. The minimum absolute atomic E-state index is 0.354. The van der Waals surface area contributed by atoms with Crippen LogP contribution in [0.5, 0.6) is 0 Å². The maximum Gasteiger partial charge on any atom is 0.416 e. The molecule has 112 valence electrons. The van der Waals surface area contributed by atoms with Gasteiger partial charge in [0, 0.05) is 21.6 Å². The van der Waals surface area contributed by atoms with Crippen molar-refractivity contribution in [2.45, 2.75) is 6.18 Å². The van der Waals surface area contributed by atoms with E-state index >= 15 is 0 Å². The molecule has 0 aliphatic heterocycles. The molecule has 0 saturated heterocycles. The molecule has 0 aliphatic rings. The average Bonchev–Trinajstić information content (AvgIpc) is 2.47. The third kappa shape index (κ3) is 2.83. The smallest absolute Gasteiger partial charge is 0.243 e. The summed E-state index contributed by atoms with van der Waals surface area (Å²) in [5.41, 5.74) is 0.718. The predicted molar refractivity (Wildman–Crippen MR) is 84.9 cm³/mol. The van der Waals surface area contributed by atoms with Crippen molar-refractivity contribution in [3.8, 4) is 11.1 Å². The first-order valence-electron chi connectivity index (χ1n) is 6.27. The van der Waals surface area contributed by atoms with Crippen LogP contribution in [0.25, 0.3) is 21.9 Å². The Labute approximate surface area is 137 Å². The quantitative estimate of drug-likeness (QED) is 0.445. The van der Waals surface area contributed by atoms with Crippen molar-refractivity contribution in [3.05, 3.63) is 63.9 Å². The zero-order valence-electron chi connectivity index (χ0n) is 11.0. The molecule has 1 aromatic heterocycles. The molecule has 1 heterocycles. The Bertz CT molecular complexity index is 844. The van der Waals surface area contributed by atoms with Gasteiger partial charge in [0.2, 0.25) is 0 Å². The van der Waals surface area contributed by atoms with E-state index in [1.165, 1.54) is 12.1 Å². The van der Waals surface area contributed by atoms with Crippen LogP contribution >= 0.6 is 27.5 Å². The maximum absolute atomic E-state index is 12.6. The highest BCUT2D eigenvalue weighted by molar-refractivity contribution is 9.10. The first-order chi connectivity index (χ1) is 10.4. The van der Waals surface area contributed by atoms with Crippen LogP contribution < -0.4 is 0 Å². The summed E-state index contributed by atoms with van der Waals surface area (Å²) in [6.45, 7) is 0. The second-order valence-electron chi connectivity index (χ2n) is 4.73. The molecule has 0 amide bonds. The van der Waals surface area contributed by atoms with Crippen LogP contribution in [0.1, 0.15) is 5.56 Å². The zero-order valence-corrected chi connectivity index (χ0v) is 13.3. The van der Waals surface area contributed by atoms with E-state index in [9.17, 15) is 13.2 Å². The molecule has 3 aromatic rings. The second-order valence-corrected chi connectivity index (χ2v) is 6.00. The first kappa shape index (κ1) is 15.3. The highest BCUT2D eigenvalue weighted by atomic mass is 79.9.